The number of nitrogens with one attached hydrogen (secondary N) is 1. The van der Waals surface area contributed by atoms with Gasteiger partial charge in [0.2, 0.25) is 0 Å². The topological polar surface area (TPSA) is 93.0 Å². The minimum Gasteiger partial charge on any atom is -0.494 e. The molecule has 1 N–H and O–H groups in total. The lowest BCUT2D eigenvalue weighted by molar-refractivity contribution is -0.119. The van der Waals surface area contributed by atoms with Crippen molar-refractivity contribution >= 4 is 62.6 Å². The quantitative estimate of drug-likeness (QED) is 0.154. The summed E-state index contributed by atoms with van der Waals surface area (Å²) in [6, 6.07) is 19.3. The molecule has 8 nitrogen and oxygen atoms in total. The van der Waals surface area contributed by atoms with Crippen LogP contribution in [-0.2, 0) is 14.8 Å². The van der Waals surface area contributed by atoms with Gasteiger partial charge < -0.3 is 9.30 Å². The number of carbonyl (C=O) groups is 1. The van der Waals surface area contributed by atoms with Gasteiger partial charge in [-0.05, 0) is 93.6 Å². The monoisotopic (exact) mass is 632 g/mol. The van der Waals surface area contributed by atoms with Gasteiger partial charge in [0.25, 0.3) is 15.9 Å². The van der Waals surface area contributed by atoms with Crippen LogP contribution in [0.2, 0.25) is 15.1 Å². The van der Waals surface area contributed by atoms with Crippen LogP contribution in [0.1, 0.15) is 23.9 Å². The van der Waals surface area contributed by atoms with Crippen LogP contribution in [0.15, 0.2) is 82.8 Å². The molecule has 0 fully saturated rings. The summed E-state index contributed by atoms with van der Waals surface area (Å²) in [5, 5.41) is 5.50. The standard InChI is InChI=1S/C29H27Cl3N4O4S/c1-4-40-25-10-8-24(9-11-25)35(41(38,39)26-12-5-22(30)6-13-26)18-29(37)34-33-17-21-15-19(2)36(20(21)3)28-14-7-23(31)16-27(28)32/h5-17H,4,18H2,1-3H3,(H,34,37)/b33-17-. The van der Waals surface area contributed by atoms with E-state index in [1.165, 1.54) is 30.5 Å². The molecule has 1 aromatic heterocycles. The third kappa shape index (κ3) is 7.05. The lowest BCUT2D eigenvalue weighted by Crippen LogP contribution is -2.39. The van der Waals surface area contributed by atoms with Gasteiger partial charge in [0, 0.05) is 27.0 Å². The number of rotatable bonds is 10. The highest BCUT2D eigenvalue weighted by Gasteiger charge is 2.27. The van der Waals surface area contributed by atoms with Gasteiger partial charge in [-0.25, -0.2) is 13.8 Å². The second kappa shape index (κ2) is 13.0. The van der Waals surface area contributed by atoms with Crippen LogP contribution >= 0.6 is 34.8 Å². The summed E-state index contributed by atoms with van der Waals surface area (Å²) < 4.78 is 35.6. The summed E-state index contributed by atoms with van der Waals surface area (Å²) in [4.78, 5) is 12.9. The Bertz CT molecular complexity index is 1690. The average molecular weight is 634 g/mol. The minimum atomic E-state index is -4.12. The van der Waals surface area contributed by atoms with Crippen molar-refractivity contribution in [2.24, 2.45) is 5.10 Å². The lowest BCUT2D eigenvalue weighted by Gasteiger charge is -2.24. The van der Waals surface area contributed by atoms with Crippen molar-refractivity contribution in [3.05, 3.63) is 105 Å². The van der Waals surface area contributed by atoms with Crippen LogP contribution in [0.5, 0.6) is 5.75 Å². The number of hydrazone groups is 1. The van der Waals surface area contributed by atoms with Gasteiger partial charge in [-0.3, -0.25) is 9.10 Å². The number of sulfonamides is 1. The molecule has 0 bridgehead atoms. The van der Waals surface area contributed by atoms with E-state index in [0.29, 0.717) is 27.4 Å². The van der Waals surface area contributed by atoms with Crippen molar-refractivity contribution in [1.29, 1.82) is 0 Å². The molecule has 12 heteroatoms. The van der Waals surface area contributed by atoms with Crippen LogP contribution < -0.4 is 14.5 Å². The normalized spacial score (nSPS) is 11.6. The van der Waals surface area contributed by atoms with Crippen molar-refractivity contribution in [3.8, 4) is 11.4 Å². The Balaban J connectivity index is 1.56. The molecule has 0 radical (unpaired) electrons. The van der Waals surface area contributed by atoms with Crippen LogP contribution in [-0.4, -0.2) is 38.3 Å². The molecule has 3 aromatic carbocycles. The first-order valence-electron chi connectivity index (χ1n) is 12.5. The Morgan fingerprint density at radius 3 is 2.27 bits per heavy atom. The maximum Gasteiger partial charge on any atom is 0.264 e. The number of carbonyl (C=O) groups excluding carboxylic acids is 1. The molecule has 4 aromatic rings. The number of aryl methyl sites for hydroxylation is 1. The van der Waals surface area contributed by atoms with Gasteiger partial charge in [-0.1, -0.05) is 34.8 Å². The number of hydrogen-bond acceptors (Lipinski definition) is 5. The van der Waals surface area contributed by atoms with E-state index in [0.717, 1.165) is 26.9 Å². The molecule has 0 saturated heterocycles. The fraction of sp³-hybridized carbons (Fsp3) is 0.172. The molecule has 0 aliphatic rings. The van der Waals surface area contributed by atoms with E-state index in [2.05, 4.69) is 10.5 Å². The van der Waals surface area contributed by atoms with Gasteiger partial charge >= 0.3 is 0 Å². The molecular formula is C29H27Cl3N4O4S. The Labute approximate surface area is 254 Å². The number of nitrogens with zero attached hydrogens (tertiary/aromatic N) is 3. The number of anilines is 1. The Kier molecular flexibility index (Phi) is 9.65. The number of ether oxygens (including phenoxy) is 1. The highest BCUT2D eigenvalue weighted by atomic mass is 35.5. The van der Waals surface area contributed by atoms with E-state index in [-0.39, 0.29) is 10.6 Å². The van der Waals surface area contributed by atoms with Crippen LogP contribution in [0.25, 0.3) is 5.69 Å². The summed E-state index contributed by atoms with van der Waals surface area (Å²) in [5.74, 6) is -0.0612. The summed E-state index contributed by atoms with van der Waals surface area (Å²) in [6.07, 6.45) is 1.50. The van der Waals surface area contributed by atoms with Gasteiger partial charge in [0.1, 0.15) is 12.3 Å². The Morgan fingerprint density at radius 2 is 1.63 bits per heavy atom. The molecule has 1 heterocycles. The van der Waals surface area contributed by atoms with Crippen molar-refractivity contribution in [3.63, 3.8) is 0 Å². The largest absolute Gasteiger partial charge is 0.494 e. The molecule has 0 unspecified atom stereocenters. The van der Waals surface area contributed by atoms with Crippen molar-refractivity contribution in [1.82, 2.24) is 9.99 Å². The van der Waals surface area contributed by atoms with Crippen LogP contribution in [0.4, 0.5) is 5.69 Å². The van der Waals surface area contributed by atoms with Crippen molar-refractivity contribution in [2.45, 2.75) is 25.7 Å². The van der Waals surface area contributed by atoms with E-state index in [1.807, 2.05) is 37.5 Å². The molecule has 4 rings (SSSR count). The second-order valence-corrected chi connectivity index (χ2v) is 12.1. The van der Waals surface area contributed by atoms with Gasteiger partial charge in [-0.15, -0.1) is 0 Å². The molecule has 41 heavy (non-hydrogen) atoms. The van der Waals surface area contributed by atoms with E-state index in [4.69, 9.17) is 39.5 Å². The molecule has 0 saturated carbocycles. The fourth-order valence-electron chi connectivity index (χ4n) is 4.22. The van der Waals surface area contributed by atoms with Crippen molar-refractivity contribution in [2.75, 3.05) is 17.5 Å². The number of aromatic nitrogens is 1. The first-order valence-corrected chi connectivity index (χ1v) is 15.1. The minimum absolute atomic E-state index is 0.0135. The number of halogens is 3. The lowest BCUT2D eigenvalue weighted by atomic mass is 10.2. The predicted molar refractivity (Wildman–Crippen MR) is 165 cm³/mol. The maximum absolute atomic E-state index is 13.6. The number of benzene rings is 3. The molecule has 0 spiro atoms. The SMILES string of the molecule is CCOc1ccc(N(CC(=O)N/N=C\c2cc(C)n(-c3ccc(Cl)cc3Cl)c2C)S(=O)(=O)c2ccc(Cl)cc2)cc1. The molecule has 0 atom stereocenters. The van der Waals surface area contributed by atoms with Gasteiger partial charge in [-0.2, -0.15) is 5.10 Å². The van der Waals surface area contributed by atoms with Crippen LogP contribution in [0, 0.1) is 13.8 Å². The van der Waals surface area contributed by atoms with E-state index in [9.17, 15) is 13.2 Å². The molecular weight excluding hydrogens is 607 g/mol. The zero-order valence-electron chi connectivity index (χ0n) is 22.4. The van der Waals surface area contributed by atoms with E-state index < -0.39 is 22.5 Å². The summed E-state index contributed by atoms with van der Waals surface area (Å²) >= 11 is 18.4. The molecule has 214 valence electrons. The summed E-state index contributed by atoms with van der Waals surface area (Å²) in [5.41, 5.74) is 5.96. The predicted octanol–water partition coefficient (Wildman–Crippen LogP) is 6.80. The van der Waals surface area contributed by atoms with E-state index in [1.54, 1.807) is 36.4 Å². The summed E-state index contributed by atoms with van der Waals surface area (Å²) in [7, 11) is -4.12. The Morgan fingerprint density at radius 1 is 0.976 bits per heavy atom. The first kappa shape index (κ1) is 30.5. The highest BCUT2D eigenvalue weighted by Crippen LogP contribution is 2.29. The van der Waals surface area contributed by atoms with E-state index >= 15 is 0 Å². The van der Waals surface area contributed by atoms with Crippen molar-refractivity contribution < 1.29 is 17.9 Å². The zero-order chi connectivity index (χ0) is 29.7. The van der Waals surface area contributed by atoms with Gasteiger partial charge in [0.05, 0.1) is 34.1 Å². The van der Waals surface area contributed by atoms with Gasteiger partial charge in [0.15, 0.2) is 0 Å². The highest BCUT2D eigenvalue weighted by molar-refractivity contribution is 7.92. The third-order valence-electron chi connectivity index (χ3n) is 6.14. The number of amides is 1. The van der Waals surface area contributed by atoms with Crippen LogP contribution in [0.3, 0.4) is 0 Å². The average Bonchev–Trinajstić information content (AvgIpc) is 3.20. The number of hydrogen-bond donors (Lipinski definition) is 1. The zero-order valence-corrected chi connectivity index (χ0v) is 25.5. The molecule has 0 aliphatic heterocycles. The molecule has 0 aliphatic carbocycles. The summed E-state index contributed by atoms with van der Waals surface area (Å²) in [6.45, 7) is 5.61. The third-order valence-corrected chi connectivity index (χ3v) is 8.72. The smallest absolute Gasteiger partial charge is 0.264 e. The maximum atomic E-state index is 13.6. The second-order valence-electron chi connectivity index (χ2n) is 8.94. The Hall–Kier alpha value is -3.50. The molecule has 1 amide bonds. The fourth-order valence-corrected chi connectivity index (χ4v) is 6.26. The first-order chi connectivity index (χ1) is 19.5.